The van der Waals surface area contributed by atoms with E-state index >= 15 is 0 Å². The molecule has 14 nitrogen and oxygen atoms in total. The van der Waals surface area contributed by atoms with Crippen LogP contribution in [0.4, 0.5) is 0 Å². The Labute approximate surface area is 388 Å². The summed E-state index contributed by atoms with van der Waals surface area (Å²) < 4.78 is 35.4. The normalized spacial score (nSPS) is 39.9. The predicted molar refractivity (Wildman–Crippen MR) is 246 cm³/mol. The van der Waals surface area contributed by atoms with Gasteiger partial charge in [0.15, 0.2) is 5.78 Å². The number of nitrogens with zero attached hydrogens (tertiary/aromatic N) is 1. The van der Waals surface area contributed by atoms with Gasteiger partial charge in [-0.15, -0.1) is 0 Å². The summed E-state index contributed by atoms with van der Waals surface area (Å²) in [5, 5.41) is 33.5. The van der Waals surface area contributed by atoms with Gasteiger partial charge >= 0.3 is 5.97 Å². The van der Waals surface area contributed by atoms with Crippen molar-refractivity contribution in [1.82, 2.24) is 4.90 Å². The monoisotopic (exact) mass is 916 g/mol. The van der Waals surface area contributed by atoms with Gasteiger partial charge in [0, 0.05) is 59.0 Å². The molecule has 1 aliphatic carbocycles. The van der Waals surface area contributed by atoms with Crippen molar-refractivity contribution in [2.75, 3.05) is 41.2 Å². The molecule has 0 aromatic heterocycles. The van der Waals surface area contributed by atoms with E-state index in [-0.39, 0.29) is 61.1 Å². The van der Waals surface area contributed by atoms with Crippen LogP contribution in [0.15, 0.2) is 47.6 Å². The molecule has 0 aromatic rings. The number of allylic oxidation sites excluding steroid dienone is 6. The summed E-state index contributed by atoms with van der Waals surface area (Å²) >= 11 is 0. The average molecular weight is 916 g/mol. The van der Waals surface area contributed by atoms with Crippen LogP contribution in [0.3, 0.4) is 0 Å². The largest absolute Gasteiger partial charge is 0.460 e. The summed E-state index contributed by atoms with van der Waals surface area (Å²) in [6, 6.07) is -0.674. The number of piperidine rings is 1. The van der Waals surface area contributed by atoms with Crippen molar-refractivity contribution in [3.05, 3.63) is 47.6 Å². The molecule has 2 bridgehead atoms. The minimum atomic E-state index is -2.05. The highest BCUT2D eigenvalue weighted by Gasteiger charge is 2.48. The number of aliphatic hydroxyl groups excluding tert-OH is 2. The minimum absolute atomic E-state index is 0.0402. The molecule has 0 unspecified atom stereocenters. The topological polar surface area (TPSA) is 188 Å². The van der Waals surface area contributed by atoms with Crippen LogP contribution < -0.4 is 0 Å². The Morgan fingerprint density at radius 1 is 0.877 bits per heavy atom. The lowest BCUT2D eigenvalue weighted by atomic mass is 9.78. The van der Waals surface area contributed by atoms with Crippen LogP contribution in [-0.2, 0) is 47.6 Å². The third kappa shape index (κ3) is 15.8. The molecule has 0 amide bonds. The number of ketones is 3. The number of rotatable bonds is 6. The van der Waals surface area contributed by atoms with Gasteiger partial charge in [-0.2, -0.15) is 0 Å². The molecular formula is C51H81NO13. The molecule has 1 saturated carbocycles. The van der Waals surface area contributed by atoms with Gasteiger partial charge in [0.05, 0.1) is 24.4 Å². The van der Waals surface area contributed by atoms with Crippen molar-refractivity contribution < 1.29 is 62.9 Å². The van der Waals surface area contributed by atoms with Crippen molar-refractivity contribution >= 4 is 23.3 Å². The maximum atomic E-state index is 14.2. The lowest BCUT2D eigenvalue weighted by Gasteiger charge is -2.41. The lowest BCUT2D eigenvalue weighted by molar-refractivity contribution is -0.268. The van der Waals surface area contributed by atoms with E-state index in [4.69, 9.17) is 28.4 Å². The maximum Gasteiger partial charge on any atom is 0.323 e. The smallest absolute Gasteiger partial charge is 0.323 e. The van der Waals surface area contributed by atoms with Crippen molar-refractivity contribution in [3.63, 3.8) is 0 Å². The molecule has 65 heavy (non-hydrogen) atoms. The summed E-state index contributed by atoms with van der Waals surface area (Å²) in [5.41, 5.74) is 1.37. The Bertz CT molecular complexity index is 1680. The number of aliphatic hydroxyl groups is 3. The molecule has 0 spiro atoms. The lowest BCUT2D eigenvalue weighted by Crippen LogP contribution is -2.55. The number of carbonyl (C=O) groups is 4. The highest BCUT2D eigenvalue weighted by atomic mass is 16.6. The maximum absolute atomic E-state index is 14.2. The van der Waals surface area contributed by atoms with E-state index in [0.717, 1.165) is 24.8 Å². The molecule has 368 valence electrons. The van der Waals surface area contributed by atoms with Crippen LogP contribution in [-0.4, -0.2) is 139 Å². The van der Waals surface area contributed by atoms with Gasteiger partial charge in [-0.05, 0) is 101 Å². The quantitative estimate of drug-likeness (QED) is 0.197. The van der Waals surface area contributed by atoms with Gasteiger partial charge in [-0.25, -0.2) is 0 Å². The van der Waals surface area contributed by atoms with Gasteiger partial charge < -0.3 is 43.7 Å². The number of hydrogen-bond acceptors (Lipinski definition) is 14. The number of methoxy groups -OCH3 is 3. The fourth-order valence-electron chi connectivity index (χ4n) is 9.98. The van der Waals surface area contributed by atoms with E-state index in [1.165, 1.54) is 7.11 Å². The standard InChI is InChI=1S/C51H81NO13/c1-32-15-11-10-12-16-33(2)43(60-7)29-40-22-19-37(6)51(59,65-40)46(55)30-63-31-52-24-14-13-17-41(52)50(58)64-44(35(4)26-38-20-23-42(54)45(27-38)61-8)28-39(53)21-18-34(3)47(56)49(62-9)48(57)36(5)25-32/h10-12,15-16,18,32,35-38,40-45,47,49,54,56,59H,13-14,17,19-31H2,1-9H3/b12-10+,15-11+,33-16+,34-18+/t32-,35-,36-,37-,38+,40+,41+,42-,43+,44+,45-,47-,49-,51-/m1/s1. The Morgan fingerprint density at radius 2 is 1.63 bits per heavy atom. The van der Waals surface area contributed by atoms with Crippen LogP contribution in [0.25, 0.3) is 0 Å². The summed E-state index contributed by atoms with van der Waals surface area (Å²) in [4.78, 5) is 57.1. The van der Waals surface area contributed by atoms with Crippen molar-refractivity contribution in [2.24, 2.45) is 29.6 Å². The third-order valence-electron chi connectivity index (χ3n) is 14.4. The van der Waals surface area contributed by atoms with Gasteiger partial charge in [-0.1, -0.05) is 70.6 Å². The van der Waals surface area contributed by atoms with E-state index in [0.29, 0.717) is 63.5 Å². The highest BCUT2D eigenvalue weighted by Crippen LogP contribution is 2.37. The molecule has 0 aromatic carbocycles. The first-order chi connectivity index (χ1) is 30.9. The van der Waals surface area contributed by atoms with Crippen LogP contribution >= 0.6 is 0 Å². The predicted octanol–water partition coefficient (Wildman–Crippen LogP) is 6.38. The molecule has 4 rings (SSSR count). The van der Waals surface area contributed by atoms with Crippen LogP contribution in [0.5, 0.6) is 0 Å². The number of ether oxygens (including phenoxy) is 6. The highest BCUT2D eigenvalue weighted by molar-refractivity contribution is 5.87. The molecule has 3 aliphatic heterocycles. The van der Waals surface area contributed by atoms with Crippen LogP contribution in [0, 0.1) is 29.6 Å². The summed E-state index contributed by atoms with van der Waals surface area (Å²) in [6.07, 6.45) is 13.4. The van der Waals surface area contributed by atoms with Gasteiger partial charge in [0.1, 0.15) is 43.5 Å². The van der Waals surface area contributed by atoms with Crippen molar-refractivity contribution in [3.8, 4) is 0 Å². The number of cyclic esters (lactones) is 1. The number of carbonyl (C=O) groups excluding carboxylic acids is 4. The van der Waals surface area contributed by atoms with Crippen LogP contribution in [0.1, 0.15) is 125 Å². The zero-order chi connectivity index (χ0) is 47.8. The second kappa shape index (κ2) is 26.6. The summed E-state index contributed by atoms with van der Waals surface area (Å²) in [6.45, 7) is 11.3. The molecule has 14 atom stereocenters. The number of esters is 1. The Morgan fingerprint density at radius 3 is 2.34 bits per heavy atom. The molecule has 14 heteroatoms. The third-order valence-corrected chi connectivity index (χ3v) is 14.4. The first-order valence-corrected chi connectivity index (χ1v) is 24.1. The van der Waals surface area contributed by atoms with E-state index in [2.05, 4.69) is 0 Å². The van der Waals surface area contributed by atoms with E-state index < -0.39 is 72.5 Å². The second-order valence-electron chi connectivity index (χ2n) is 19.5. The fourth-order valence-corrected chi connectivity index (χ4v) is 9.98. The Kier molecular flexibility index (Phi) is 22.4. The molecule has 3 N–H and O–H groups in total. The number of Topliss-reactive ketones (excluding diaryl/α,β-unsaturated/α-hetero) is 3. The van der Waals surface area contributed by atoms with Crippen LogP contribution in [0.2, 0.25) is 0 Å². The van der Waals surface area contributed by atoms with Gasteiger partial charge in [0.25, 0.3) is 0 Å². The molecule has 3 heterocycles. The first kappa shape index (κ1) is 54.7. The zero-order valence-electron chi connectivity index (χ0n) is 40.7. The Balaban J connectivity index is 1.60. The SMILES string of the molecule is CO[C@H]1C[C@@H]2CC[C@@H](C)[C@@](O)(O2)C(=O)COCN2CCCC[C@H]2C(=O)O[C@H]([C@H](C)C[C@@H]2CC[C@@H](O)[C@H](OC)C2)CC(=O)C/C=C(\C)[C@@H](O)[C@@H](OC)C(=O)[C@H](C)C[C@H](C)/C=C/C=C/C=C/1C. The number of hydrogen-bond donors (Lipinski definition) is 3. The first-order valence-electron chi connectivity index (χ1n) is 24.1. The fraction of sp³-hybridized carbons (Fsp3) is 0.765. The molecule has 4 aliphatic rings. The van der Waals surface area contributed by atoms with Crippen molar-refractivity contribution in [2.45, 2.75) is 180 Å². The molecule has 2 saturated heterocycles. The second-order valence-corrected chi connectivity index (χ2v) is 19.5. The van der Waals surface area contributed by atoms with E-state index in [1.54, 1.807) is 34.1 Å². The van der Waals surface area contributed by atoms with E-state index in [1.807, 2.05) is 63.0 Å². The molecule has 3 fully saturated rings. The summed E-state index contributed by atoms with van der Waals surface area (Å²) in [7, 11) is 4.61. The summed E-state index contributed by atoms with van der Waals surface area (Å²) in [5.74, 6) is -4.41. The average Bonchev–Trinajstić information content (AvgIpc) is 3.28. The van der Waals surface area contributed by atoms with Crippen molar-refractivity contribution in [1.29, 1.82) is 0 Å². The molecular weight excluding hydrogens is 835 g/mol. The minimum Gasteiger partial charge on any atom is -0.460 e. The molecule has 0 radical (unpaired) electrons. The number of fused-ring (bicyclic) bond motifs is 3. The zero-order valence-corrected chi connectivity index (χ0v) is 40.7. The van der Waals surface area contributed by atoms with Gasteiger partial charge in [-0.3, -0.25) is 24.1 Å². The van der Waals surface area contributed by atoms with Gasteiger partial charge in [0.2, 0.25) is 11.6 Å². The van der Waals surface area contributed by atoms with E-state index in [9.17, 15) is 34.5 Å². The Hall–Kier alpha value is -2.92.